The number of halogens is 5. The Hall–Kier alpha value is -2.39. The average Bonchev–Trinajstić information content (AvgIpc) is 3.49. The van der Waals surface area contributed by atoms with Gasteiger partial charge in [0.05, 0.1) is 26.2 Å². The molecule has 0 aliphatic heterocycles. The van der Waals surface area contributed by atoms with Crippen LogP contribution in [0.2, 0.25) is 10.0 Å². The Kier molecular flexibility index (Phi) is 12.1. The lowest BCUT2D eigenvalue weighted by molar-refractivity contribution is -0.191. The van der Waals surface area contributed by atoms with Crippen molar-refractivity contribution in [1.82, 2.24) is 19.9 Å². The first kappa shape index (κ1) is 36.8. The second kappa shape index (κ2) is 14.1. The molecule has 3 rings (SSSR count). The average molecular weight is 688 g/mol. The number of hydrogen-bond acceptors (Lipinski definition) is 10. The number of thiazole rings is 1. The summed E-state index contributed by atoms with van der Waals surface area (Å²) in [5.74, 6) is 0.653. The number of hydrogen-bond donors (Lipinski definition) is 1. The highest BCUT2D eigenvalue weighted by molar-refractivity contribution is 7.89. The molecule has 2 heterocycles. The number of sulfonamides is 1. The van der Waals surface area contributed by atoms with Crippen molar-refractivity contribution in [3.05, 3.63) is 33.8 Å². The third kappa shape index (κ3) is 9.80. The highest BCUT2D eigenvalue weighted by atomic mass is 35.5. The first-order chi connectivity index (χ1) is 19.7. The summed E-state index contributed by atoms with van der Waals surface area (Å²) in [4.78, 5) is 20.9. The zero-order valence-corrected chi connectivity index (χ0v) is 27.5. The molecular formula is C26H31Cl2F3N4O6S2. The Morgan fingerprint density at radius 1 is 1.07 bits per heavy atom. The molecule has 0 amide bonds. The second-order valence-corrected chi connectivity index (χ2v) is 14.6. The van der Waals surface area contributed by atoms with Gasteiger partial charge in [0.2, 0.25) is 15.9 Å². The molecule has 0 saturated carbocycles. The monoisotopic (exact) mass is 686 g/mol. The van der Waals surface area contributed by atoms with Crippen LogP contribution in [0.25, 0.3) is 21.3 Å². The maximum absolute atomic E-state index is 13.2. The summed E-state index contributed by atoms with van der Waals surface area (Å²) in [6, 6.07) is 0.223. The van der Waals surface area contributed by atoms with E-state index < -0.39 is 44.2 Å². The molecule has 0 unspecified atom stereocenters. The van der Waals surface area contributed by atoms with Gasteiger partial charge in [-0.25, -0.2) is 13.4 Å². The number of rotatable bonds is 10. The fraction of sp³-hybridized carbons (Fsp3) is 0.538. The van der Waals surface area contributed by atoms with Gasteiger partial charge in [0.1, 0.15) is 10.9 Å². The summed E-state index contributed by atoms with van der Waals surface area (Å²) < 4.78 is 78.5. The lowest BCUT2D eigenvalue weighted by Crippen LogP contribution is -2.44. The van der Waals surface area contributed by atoms with Crippen LogP contribution >= 0.6 is 34.5 Å². The molecular weight excluding hydrogens is 656 g/mol. The summed E-state index contributed by atoms with van der Waals surface area (Å²) in [5.41, 5.74) is 0.178. The van der Waals surface area contributed by atoms with Gasteiger partial charge in [-0.05, 0) is 31.7 Å². The van der Waals surface area contributed by atoms with E-state index in [9.17, 15) is 21.6 Å². The number of nitrogens with one attached hydrogen (secondary N) is 1. The minimum absolute atomic E-state index is 0.0794. The van der Waals surface area contributed by atoms with Crippen LogP contribution in [0.15, 0.2) is 21.4 Å². The topological polar surface area (TPSA) is 141 Å². The van der Waals surface area contributed by atoms with Crippen molar-refractivity contribution in [3.63, 3.8) is 0 Å². The van der Waals surface area contributed by atoms with Gasteiger partial charge in [-0.15, -0.1) is 21.5 Å². The van der Waals surface area contributed by atoms with Gasteiger partial charge in [0.15, 0.2) is 5.01 Å². The number of aromatic nitrogens is 3. The normalized spacial score (nSPS) is 13.3. The Morgan fingerprint density at radius 3 is 2.19 bits per heavy atom. The highest BCUT2D eigenvalue weighted by Crippen LogP contribution is 2.44. The lowest BCUT2D eigenvalue weighted by atomic mass is 9.92. The van der Waals surface area contributed by atoms with Gasteiger partial charge >= 0.3 is 12.3 Å². The molecule has 238 valence electrons. The quantitative estimate of drug-likeness (QED) is 0.245. The Bertz CT molecular complexity index is 1560. The van der Waals surface area contributed by atoms with Crippen molar-refractivity contribution in [2.75, 3.05) is 7.11 Å². The van der Waals surface area contributed by atoms with Crippen LogP contribution in [-0.4, -0.2) is 54.7 Å². The third-order valence-electron chi connectivity index (χ3n) is 5.86. The molecule has 43 heavy (non-hydrogen) atoms. The first-order valence-electron chi connectivity index (χ1n) is 12.6. The largest absolute Gasteiger partial charge is 0.419 e. The van der Waals surface area contributed by atoms with Crippen molar-refractivity contribution in [2.24, 2.45) is 5.41 Å². The Balaban J connectivity index is 0.00000206. The molecule has 17 heteroatoms. The third-order valence-corrected chi connectivity index (χ3v) is 9.48. The molecule has 3 aromatic rings. The molecule has 10 nitrogen and oxygen atoms in total. The molecule has 0 spiro atoms. The standard InChI is InChI=1S/C25H31Cl2F3N4O4S2.CO2/c1-8-16(25(28,29)30)34-40(35,36)15-10-9-13(18(26)19(15)27)20-14(11-24(5,6)37-7)31-22(39-20)21-33-32-17(38-21)12-23(2,3)4;2-1-3/h9-10,16,34H,8,11-12H2,1-7H3;/t16-;/m0./s1. The molecule has 0 fully saturated rings. The molecule has 1 N–H and O–H groups in total. The zero-order chi connectivity index (χ0) is 33.0. The SMILES string of the molecule is CC[C@H](NS(=O)(=O)c1ccc(-c2sc(-c3nnc(CC(C)(C)C)o3)nc2CC(C)(C)OC)c(Cl)c1Cl)C(F)(F)F.O=C=O. The molecule has 0 bridgehead atoms. The van der Waals surface area contributed by atoms with Crippen LogP contribution in [0.5, 0.6) is 0 Å². The lowest BCUT2D eigenvalue weighted by Gasteiger charge is -2.22. The van der Waals surface area contributed by atoms with Gasteiger partial charge in [-0.2, -0.15) is 27.5 Å². The predicted molar refractivity (Wildman–Crippen MR) is 154 cm³/mol. The minimum atomic E-state index is -4.78. The Morgan fingerprint density at radius 2 is 1.67 bits per heavy atom. The number of ether oxygens (including phenoxy) is 1. The van der Waals surface area contributed by atoms with E-state index in [1.54, 1.807) is 11.8 Å². The van der Waals surface area contributed by atoms with Crippen LogP contribution in [0, 0.1) is 5.41 Å². The molecule has 2 aromatic heterocycles. The van der Waals surface area contributed by atoms with Crippen LogP contribution in [0.3, 0.4) is 0 Å². The van der Waals surface area contributed by atoms with E-state index in [1.165, 1.54) is 24.3 Å². The smallest absolute Gasteiger partial charge is 0.404 e. The van der Waals surface area contributed by atoms with E-state index in [0.717, 1.165) is 6.07 Å². The van der Waals surface area contributed by atoms with Crippen LogP contribution < -0.4 is 4.72 Å². The summed E-state index contributed by atoms with van der Waals surface area (Å²) >= 11 is 14.1. The van der Waals surface area contributed by atoms with Crippen LogP contribution in [0.4, 0.5) is 13.2 Å². The fourth-order valence-corrected chi connectivity index (χ4v) is 6.92. The summed E-state index contributed by atoms with van der Waals surface area (Å²) in [7, 11) is -3.09. The molecule has 0 aliphatic rings. The summed E-state index contributed by atoms with van der Waals surface area (Å²) in [6.07, 6.45) is -4.14. The van der Waals surface area contributed by atoms with Crippen molar-refractivity contribution in [3.8, 4) is 21.3 Å². The summed E-state index contributed by atoms with van der Waals surface area (Å²) in [5, 5.41) is 8.10. The summed E-state index contributed by atoms with van der Waals surface area (Å²) in [6.45, 7) is 11.1. The van der Waals surface area contributed by atoms with Crippen LogP contribution in [-0.2, 0) is 37.2 Å². The van der Waals surface area contributed by atoms with Crippen molar-refractivity contribution < 1.29 is 40.3 Å². The van der Waals surface area contributed by atoms with Gasteiger partial charge in [-0.1, -0.05) is 57.0 Å². The van der Waals surface area contributed by atoms with Crippen molar-refractivity contribution in [1.29, 1.82) is 0 Å². The maximum Gasteiger partial charge on any atom is 0.404 e. The molecule has 0 saturated heterocycles. The fourth-order valence-electron chi connectivity index (χ4n) is 3.66. The molecule has 1 atom stereocenters. The van der Waals surface area contributed by atoms with E-state index in [2.05, 4.69) is 10.2 Å². The first-order valence-corrected chi connectivity index (χ1v) is 15.7. The van der Waals surface area contributed by atoms with Crippen molar-refractivity contribution in [2.45, 2.75) is 83.5 Å². The molecule has 0 aliphatic carbocycles. The number of carbonyl (C=O) groups excluding carboxylic acids is 2. The van der Waals surface area contributed by atoms with E-state index in [0.29, 0.717) is 39.9 Å². The minimum Gasteiger partial charge on any atom is -0.419 e. The van der Waals surface area contributed by atoms with E-state index in [4.69, 9.17) is 46.9 Å². The van der Waals surface area contributed by atoms with Gasteiger partial charge in [0, 0.05) is 25.5 Å². The second-order valence-electron chi connectivity index (χ2n) is 11.1. The number of nitrogens with zero attached hydrogens (tertiary/aromatic N) is 3. The number of benzene rings is 1. The van der Waals surface area contributed by atoms with Gasteiger partial charge in [-0.3, -0.25) is 0 Å². The predicted octanol–water partition coefficient (Wildman–Crippen LogP) is 6.76. The molecule has 1 aromatic carbocycles. The highest BCUT2D eigenvalue weighted by Gasteiger charge is 2.41. The van der Waals surface area contributed by atoms with E-state index in [1.807, 2.05) is 34.6 Å². The van der Waals surface area contributed by atoms with Gasteiger partial charge < -0.3 is 9.15 Å². The zero-order valence-electron chi connectivity index (χ0n) is 24.4. The van der Waals surface area contributed by atoms with E-state index in [-0.39, 0.29) is 22.5 Å². The van der Waals surface area contributed by atoms with Gasteiger partial charge in [0.25, 0.3) is 5.89 Å². The molecule has 0 radical (unpaired) electrons. The van der Waals surface area contributed by atoms with Crippen molar-refractivity contribution >= 4 is 50.7 Å². The maximum atomic E-state index is 13.2. The number of methoxy groups -OCH3 is 1. The van der Waals surface area contributed by atoms with E-state index >= 15 is 0 Å². The van der Waals surface area contributed by atoms with Crippen LogP contribution in [0.1, 0.15) is 59.5 Å². The number of alkyl halides is 3. The Labute approximate surface area is 261 Å².